The number of hydrogen-bond donors (Lipinski definition) is 2. The van der Waals surface area contributed by atoms with Crippen LogP contribution < -0.4 is 10.6 Å². The predicted molar refractivity (Wildman–Crippen MR) is 101 cm³/mol. The van der Waals surface area contributed by atoms with Gasteiger partial charge in [0.2, 0.25) is 5.91 Å². The van der Waals surface area contributed by atoms with E-state index in [-0.39, 0.29) is 42.2 Å². The molecule has 1 fully saturated rings. The highest BCUT2D eigenvalue weighted by Crippen LogP contribution is 2.21. The van der Waals surface area contributed by atoms with Gasteiger partial charge in [0.15, 0.2) is 5.96 Å². The molecule has 0 radical (unpaired) electrons. The fraction of sp³-hybridized carbons (Fsp3) is 0.500. The molecule has 1 aromatic carbocycles. The van der Waals surface area contributed by atoms with Gasteiger partial charge in [-0.2, -0.15) is 0 Å². The molecule has 128 valence electrons. The van der Waals surface area contributed by atoms with Crippen LogP contribution in [0.3, 0.4) is 0 Å². The first-order valence-corrected chi connectivity index (χ1v) is 7.53. The molecule has 1 amide bonds. The minimum absolute atomic E-state index is 0. The van der Waals surface area contributed by atoms with E-state index in [1.54, 1.807) is 14.1 Å². The van der Waals surface area contributed by atoms with E-state index in [1.807, 2.05) is 12.1 Å². The van der Waals surface area contributed by atoms with E-state index in [4.69, 9.17) is 0 Å². The van der Waals surface area contributed by atoms with Gasteiger partial charge >= 0.3 is 0 Å². The molecule has 2 N–H and O–H groups in total. The Morgan fingerprint density at radius 1 is 1.39 bits per heavy atom. The Bertz CT molecular complexity index is 535. The number of carbonyl (C=O) groups excluding carboxylic acids is 1. The summed E-state index contributed by atoms with van der Waals surface area (Å²) in [6.45, 7) is 2.03. The third kappa shape index (κ3) is 5.96. The van der Waals surface area contributed by atoms with Gasteiger partial charge in [-0.1, -0.05) is 12.1 Å². The topological polar surface area (TPSA) is 56.7 Å². The lowest BCUT2D eigenvalue weighted by Crippen LogP contribution is -2.44. The van der Waals surface area contributed by atoms with E-state index in [0.29, 0.717) is 5.92 Å². The summed E-state index contributed by atoms with van der Waals surface area (Å²) in [6.07, 6.45) is 2.00. The third-order valence-corrected chi connectivity index (χ3v) is 3.92. The number of carbonyl (C=O) groups is 1. The fourth-order valence-electron chi connectivity index (χ4n) is 2.73. The van der Waals surface area contributed by atoms with Gasteiger partial charge in [-0.25, -0.2) is 4.39 Å². The van der Waals surface area contributed by atoms with E-state index in [0.717, 1.165) is 37.5 Å². The van der Waals surface area contributed by atoms with Crippen molar-refractivity contribution in [3.8, 4) is 0 Å². The second-order valence-electron chi connectivity index (χ2n) is 5.51. The SMILES string of the molecule is CN=C(NCC(=O)NC)N1CCC(Cc2ccc(F)cc2)C1.I. The highest BCUT2D eigenvalue weighted by atomic mass is 127. The van der Waals surface area contributed by atoms with Crippen LogP contribution in [0.1, 0.15) is 12.0 Å². The lowest BCUT2D eigenvalue weighted by Gasteiger charge is -2.21. The Hall–Kier alpha value is -1.38. The number of hydrogen-bond acceptors (Lipinski definition) is 2. The molecule has 1 heterocycles. The summed E-state index contributed by atoms with van der Waals surface area (Å²) < 4.78 is 12.9. The molecule has 0 bridgehead atoms. The molecule has 1 atom stereocenters. The largest absolute Gasteiger partial charge is 0.358 e. The van der Waals surface area contributed by atoms with Crippen LogP contribution in [-0.4, -0.2) is 50.5 Å². The zero-order chi connectivity index (χ0) is 15.9. The quantitative estimate of drug-likeness (QED) is 0.431. The number of benzene rings is 1. The lowest BCUT2D eigenvalue weighted by molar-refractivity contribution is -0.119. The molecule has 23 heavy (non-hydrogen) atoms. The van der Waals surface area contributed by atoms with Gasteiger partial charge in [0, 0.05) is 27.2 Å². The predicted octanol–water partition coefficient (Wildman–Crippen LogP) is 1.63. The van der Waals surface area contributed by atoms with E-state index in [1.165, 1.54) is 12.1 Å². The number of likely N-dealkylation sites (tertiary alicyclic amines) is 1. The summed E-state index contributed by atoms with van der Waals surface area (Å²) in [6, 6.07) is 6.70. The van der Waals surface area contributed by atoms with E-state index >= 15 is 0 Å². The highest BCUT2D eigenvalue weighted by molar-refractivity contribution is 14.0. The van der Waals surface area contributed by atoms with Gasteiger partial charge in [0.1, 0.15) is 5.82 Å². The molecule has 7 heteroatoms. The number of halogens is 2. The number of nitrogens with zero attached hydrogens (tertiary/aromatic N) is 2. The summed E-state index contributed by atoms with van der Waals surface area (Å²) in [5.41, 5.74) is 1.15. The van der Waals surface area contributed by atoms with E-state index in [2.05, 4.69) is 20.5 Å². The van der Waals surface area contributed by atoms with Crippen LogP contribution >= 0.6 is 24.0 Å². The van der Waals surface area contributed by atoms with Crippen LogP contribution in [0.15, 0.2) is 29.3 Å². The Labute approximate surface area is 153 Å². The van der Waals surface area contributed by atoms with E-state index in [9.17, 15) is 9.18 Å². The van der Waals surface area contributed by atoms with Crippen LogP contribution in [0, 0.1) is 11.7 Å². The second-order valence-corrected chi connectivity index (χ2v) is 5.51. The minimum atomic E-state index is -0.199. The fourth-order valence-corrected chi connectivity index (χ4v) is 2.73. The standard InChI is InChI=1S/C16H23FN4O.HI/c1-18-15(22)10-20-16(19-2)21-8-7-13(11-21)9-12-3-5-14(17)6-4-12;/h3-6,13H,7-11H2,1-2H3,(H,18,22)(H,19,20);1H. The molecule has 0 saturated carbocycles. The zero-order valence-corrected chi connectivity index (χ0v) is 15.8. The Balaban J connectivity index is 0.00000264. The van der Waals surface area contributed by atoms with Gasteiger partial charge in [-0.05, 0) is 36.5 Å². The number of rotatable bonds is 4. The zero-order valence-electron chi connectivity index (χ0n) is 13.5. The van der Waals surface area contributed by atoms with Crippen molar-refractivity contribution in [2.75, 3.05) is 33.7 Å². The van der Waals surface area contributed by atoms with Gasteiger partial charge < -0.3 is 15.5 Å². The molecule has 1 saturated heterocycles. The molecule has 1 aliphatic heterocycles. The number of likely N-dealkylation sites (N-methyl/N-ethyl adjacent to an activating group) is 1. The summed E-state index contributed by atoms with van der Waals surface area (Å²) in [7, 11) is 3.33. The number of amides is 1. The van der Waals surface area contributed by atoms with Crippen molar-refractivity contribution < 1.29 is 9.18 Å². The van der Waals surface area contributed by atoms with Crippen molar-refractivity contribution in [2.45, 2.75) is 12.8 Å². The molecule has 2 rings (SSSR count). The summed E-state index contributed by atoms with van der Waals surface area (Å²) >= 11 is 0. The van der Waals surface area contributed by atoms with Crippen LogP contribution in [0.25, 0.3) is 0 Å². The van der Waals surface area contributed by atoms with Crippen molar-refractivity contribution in [1.82, 2.24) is 15.5 Å². The van der Waals surface area contributed by atoms with Crippen molar-refractivity contribution in [3.63, 3.8) is 0 Å². The number of aliphatic imine (C=N–C) groups is 1. The molecule has 0 aliphatic carbocycles. The van der Waals surface area contributed by atoms with Gasteiger partial charge in [0.25, 0.3) is 0 Å². The molecular formula is C16H24FIN4O. The van der Waals surface area contributed by atoms with Crippen LogP contribution in [0.2, 0.25) is 0 Å². The number of nitrogens with one attached hydrogen (secondary N) is 2. The summed E-state index contributed by atoms with van der Waals surface area (Å²) in [4.78, 5) is 17.7. The molecule has 0 aromatic heterocycles. The molecule has 1 aromatic rings. The van der Waals surface area contributed by atoms with Crippen LogP contribution in [0.4, 0.5) is 4.39 Å². The Morgan fingerprint density at radius 2 is 2.09 bits per heavy atom. The van der Waals surface area contributed by atoms with Crippen LogP contribution in [-0.2, 0) is 11.2 Å². The van der Waals surface area contributed by atoms with Crippen LogP contribution in [0.5, 0.6) is 0 Å². The van der Waals surface area contributed by atoms with E-state index < -0.39 is 0 Å². The lowest BCUT2D eigenvalue weighted by atomic mass is 9.99. The Kier molecular flexibility index (Phi) is 8.29. The Morgan fingerprint density at radius 3 is 2.70 bits per heavy atom. The average Bonchev–Trinajstić information content (AvgIpc) is 2.98. The van der Waals surface area contributed by atoms with Crippen molar-refractivity contribution in [3.05, 3.63) is 35.6 Å². The monoisotopic (exact) mass is 434 g/mol. The first-order valence-electron chi connectivity index (χ1n) is 7.53. The maximum Gasteiger partial charge on any atom is 0.239 e. The first kappa shape index (κ1) is 19.7. The molecule has 5 nitrogen and oxygen atoms in total. The molecule has 1 unspecified atom stereocenters. The average molecular weight is 434 g/mol. The normalized spacial score (nSPS) is 17.6. The highest BCUT2D eigenvalue weighted by Gasteiger charge is 2.25. The van der Waals surface area contributed by atoms with Crippen molar-refractivity contribution >= 4 is 35.8 Å². The second kappa shape index (κ2) is 9.69. The third-order valence-electron chi connectivity index (χ3n) is 3.92. The summed E-state index contributed by atoms with van der Waals surface area (Å²) in [5, 5.41) is 5.64. The van der Waals surface area contributed by atoms with Crippen molar-refractivity contribution in [2.24, 2.45) is 10.9 Å². The van der Waals surface area contributed by atoms with Gasteiger partial charge in [-0.15, -0.1) is 24.0 Å². The van der Waals surface area contributed by atoms with Gasteiger partial charge in [0.05, 0.1) is 6.54 Å². The van der Waals surface area contributed by atoms with Crippen molar-refractivity contribution in [1.29, 1.82) is 0 Å². The molecule has 1 aliphatic rings. The number of guanidine groups is 1. The smallest absolute Gasteiger partial charge is 0.239 e. The minimum Gasteiger partial charge on any atom is -0.358 e. The maximum atomic E-state index is 12.9. The molecular weight excluding hydrogens is 410 g/mol. The summed E-state index contributed by atoms with van der Waals surface area (Å²) in [5.74, 6) is 1.01. The molecule has 0 spiro atoms. The van der Waals surface area contributed by atoms with Gasteiger partial charge in [-0.3, -0.25) is 9.79 Å². The maximum absolute atomic E-state index is 12.9. The first-order chi connectivity index (χ1) is 10.6.